The summed E-state index contributed by atoms with van der Waals surface area (Å²) in [6.45, 7) is 1.42. The third-order valence-electron chi connectivity index (χ3n) is 7.71. The van der Waals surface area contributed by atoms with Crippen molar-refractivity contribution >= 4 is 27.6 Å². The number of ether oxygens (including phenoxy) is 2. The highest BCUT2D eigenvalue weighted by molar-refractivity contribution is 7.88. The summed E-state index contributed by atoms with van der Waals surface area (Å²) in [4.78, 5) is 14.2. The van der Waals surface area contributed by atoms with Gasteiger partial charge in [0.2, 0.25) is 10.0 Å². The number of hydrogen-bond donors (Lipinski definition) is 0. The molecule has 3 aromatic rings. The Morgan fingerprint density at radius 1 is 1.02 bits per heavy atom. The molecule has 1 heterocycles. The van der Waals surface area contributed by atoms with Crippen LogP contribution in [-0.4, -0.2) is 75.3 Å². The van der Waals surface area contributed by atoms with Crippen LogP contribution in [0.15, 0.2) is 78.9 Å². The molecule has 0 aromatic heterocycles. The van der Waals surface area contributed by atoms with Crippen LogP contribution in [0.3, 0.4) is 0 Å². The van der Waals surface area contributed by atoms with E-state index < -0.39 is 39.9 Å². The average Bonchev–Trinajstić information content (AvgIpc) is 3.44. The van der Waals surface area contributed by atoms with Gasteiger partial charge in [-0.05, 0) is 29.2 Å². The molecular weight excluding hydrogens is 617 g/mol. The Labute approximate surface area is 261 Å². The molecule has 238 valence electrons. The van der Waals surface area contributed by atoms with E-state index in [1.54, 1.807) is 6.07 Å². The van der Waals surface area contributed by atoms with Crippen molar-refractivity contribution in [3.8, 4) is 0 Å². The van der Waals surface area contributed by atoms with Crippen LogP contribution in [0.2, 0.25) is 5.02 Å². The maximum Gasteiger partial charge on any atom is 0.417 e. The van der Waals surface area contributed by atoms with E-state index in [0.717, 1.165) is 27.8 Å². The van der Waals surface area contributed by atoms with E-state index in [-0.39, 0.29) is 37.1 Å². The van der Waals surface area contributed by atoms with Gasteiger partial charge in [-0.3, -0.25) is 9.69 Å². The molecule has 1 aliphatic heterocycles. The number of methoxy groups -OCH3 is 1. The zero-order valence-corrected chi connectivity index (χ0v) is 26.1. The van der Waals surface area contributed by atoms with E-state index in [4.69, 9.17) is 21.1 Å². The summed E-state index contributed by atoms with van der Waals surface area (Å²) in [5.41, 5.74) is 1.62. The third kappa shape index (κ3) is 8.82. The van der Waals surface area contributed by atoms with Crippen molar-refractivity contribution in [2.45, 2.75) is 43.6 Å². The zero-order valence-electron chi connectivity index (χ0n) is 24.5. The quantitative estimate of drug-likeness (QED) is 0.167. The molecule has 0 radical (unpaired) electrons. The number of carbonyl (C=O) groups excluding carboxylic acids is 1. The largest absolute Gasteiger partial charge is 0.468 e. The van der Waals surface area contributed by atoms with E-state index >= 15 is 0 Å². The number of nitrogens with zero attached hydrogens (tertiary/aromatic N) is 2. The van der Waals surface area contributed by atoms with Crippen molar-refractivity contribution in [1.29, 1.82) is 0 Å². The molecule has 0 saturated carbocycles. The Hall–Kier alpha value is -2.96. The lowest BCUT2D eigenvalue weighted by Gasteiger charge is -2.29. The number of hydrogen-bond acceptors (Lipinski definition) is 6. The summed E-state index contributed by atoms with van der Waals surface area (Å²) < 4.78 is 77.2. The summed E-state index contributed by atoms with van der Waals surface area (Å²) >= 11 is 6.29. The second-order valence-corrected chi connectivity index (χ2v) is 13.2. The van der Waals surface area contributed by atoms with Crippen molar-refractivity contribution in [3.05, 3.63) is 106 Å². The molecule has 2 atom stereocenters. The van der Waals surface area contributed by atoms with Crippen LogP contribution in [0.1, 0.15) is 41.0 Å². The Kier molecular flexibility index (Phi) is 11.5. The van der Waals surface area contributed by atoms with Crippen LogP contribution in [0.4, 0.5) is 13.2 Å². The fraction of sp³-hybridized carbons (Fsp3) is 0.406. The first kappa shape index (κ1) is 33.9. The lowest BCUT2D eigenvalue weighted by Crippen LogP contribution is -2.40. The van der Waals surface area contributed by atoms with Gasteiger partial charge in [-0.2, -0.15) is 17.5 Å². The van der Waals surface area contributed by atoms with Gasteiger partial charge in [-0.15, -0.1) is 0 Å². The third-order valence-corrected chi connectivity index (χ3v) is 9.41. The standard InChI is InChI=1S/C32H36ClF3N2O5S/c1-42-31(39)29-19-26(21-38(29)44(2,40)41)43-18-10-17-37(20-25-15-9-16-28(30(25)33)32(34,35)36)22-27(23-11-5-3-6-12-23)24-13-7-4-8-14-24/h3-9,11-16,26-27,29H,10,17-22H2,1-2H3/t26-,29-/m0/s1. The van der Waals surface area contributed by atoms with Gasteiger partial charge in [-0.1, -0.05) is 84.4 Å². The van der Waals surface area contributed by atoms with Crippen molar-refractivity contribution in [3.63, 3.8) is 0 Å². The van der Waals surface area contributed by atoms with Gasteiger partial charge in [0.25, 0.3) is 0 Å². The van der Waals surface area contributed by atoms with E-state index in [9.17, 15) is 26.4 Å². The normalized spacial score (nSPS) is 17.8. The molecule has 1 aliphatic rings. The molecule has 0 N–H and O–H groups in total. The van der Waals surface area contributed by atoms with E-state index in [1.807, 2.05) is 60.7 Å². The molecule has 1 fully saturated rings. The molecule has 0 unspecified atom stereocenters. The van der Waals surface area contributed by atoms with Gasteiger partial charge in [-0.25, -0.2) is 8.42 Å². The molecule has 0 spiro atoms. The molecule has 4 rings (SSSR count). The monoisotopic (exact) mass is 652 g/mol. The van der Waals surface area contributed by atoms with Gasteiger partial charge in [0.15, 0.2) is 0 Å². The molecule has 7 nitrogen and oxygen atoms in total. The SMILES string of the molecule is COC(=O)[C@@H]1C[C@H](OCCCN(Cc2cccc(C(F)(F)F)c2Cl)CC(c2ccccc2)c2ccccc2)CN1S(C)(=O)=O. The number of rotatable bonds is 13. The summed E-state index contributed by atoms with van der Waals surface area (Å²) in [5, 5.41) is -0.321. The fourth-order valence-electron chi connectivity index (χ4n) is 5.57. The molecule has 0 aliphatic carbocycles. The van der Waals surface area contributed by atoms with E-state index in [0.29, 0.717) is 25.1 Å². The molecular formula is C32H36ClF3N2O5S. The molecule has 44 heavy (non-hydrogen) atoms. The lowest BCUT2D eigenvalue weighted by molar-refractivity contribution is -0.144. The number of sulfonamides is 1. The van der Waals surface area contributed by atoms with Gasteiger partial charge in [0, 0.05) is 45.1 Å². The number of alkyl halides is 3. The highest BCUT2D eigenvalue weighted by Gasteiger charge is 2.43. The van der Waals surface area contributed by atoms with Crippen LogP contribution in [0, 0.1) is 0 Å². The smallest absolute Gasteiger partial charge is 0.417 e. The van der Waals surface area contributed by atoms with Crippen LogP contribution in [0.25, 0.3) is 0 Å². The summed E-state index contributed by atoms with van der Waals surface area (Å²) in [7, 11) is -2.44. The van der Waals surface area contributed by atoms with Crippen molar-refractivity contribution in [2.24, 2.45) is 0 Å². The van der Waals surface area contributed by atoms with Crippen molar-refractivity contribution in [2.75, 3.05) is 39.6 Å². The van der Waals surface area contributed by atoms with Gasteiger partial charge < -0.3 is 9.47 Å². The first-order chi connectivity index (χ1) is 20.9. The molecule has 0 amide bonds. The fourth-order valence-corrected chi connectivity index (χ4v) is 6.94. The average molecular weight is 653 g/mol. The maximum absolute atomic E-state index is 13.6. The predicted molar refractivity (Wildman–Crippen MR) is 163 cm³/mol. The summed E-state index contributed by atoms with van der Waals surface area (Å²) in [5.74, 6) is -0.708. The van der Waals surface area contributed by atoms with Crippen LogP contribution < -0.4 is 0 Å². The minimum absolute atomic E-state index is 0.0340. The Morgan fingerprint density at radius 3 is 2.18 bits per heavy atom. The number of carbonyl (C=O) groups is 1. The Morgan fingerprint density at radius 2 is 1.64 bits per heavy atom. The Balaban J connectivity index is 1.52. The van der Waals surface area contributed by atoms with Crippen LogP contribution in [-0.2, 0) is 37.0 Å². The number of esters is 1. The topological polar surface area (TPSA) is 76.2 Å². The molecule has 1 saturated heterocycles. The van der Waals surface area contributed by atoms with Gasteiger partial charge >= 0.3 is 12.1 Å². The van der Waals surface area contributed by atoms with E-state index in [1.165, 1.54) is 13.2 Å². The Bertz CT molecular complexity index is 1450. The lowest BCUT2D eigenvalue weighted by atomic mass is 9.90. The highest BCUT2D eigenvalue weighted by Crippen LogP contribution is 2.37. The molecule has 12 heteroatoms. The molecule has 3 aromatic carbocycles. The predicted octanol–water partition coefficient (Wildman–Crippen LogP) is 5.98. The minimum atomic E-state index is -4.58. The summed E-state index contributed by atoms with van der Waals surface area (Å²) in [6.07, 6.45) is -3.36. The second-order valence-electron chi connectivity index (χ2n) is 10.8. The summed E-state index contributed by atoms with van der Waals surface area (Å²) in [6, 6.07) is 22.8. The van der Waals surface area contributed by atoms with E-state index in [2.05, 4.69) is 4.90 Å². The first-order valence-electron chi connectivity index (χ1n) is 14.2. The second kappa shape index (κ2) is 14.9. The minimum Gasteiger partial charge on any atom is -0.468 e. The first-order valence-corrected chi connectivity index (χ1v) is 16.4. The van der Waals surface area contributed by atoms with Crippen LogP contribution in [0.5, 0.6) is 0 Å². The van der Waals surface area contributed by atoms with Crippen molar-refractivity contribution in [1.82, 2.24) is 9.21 Å². The maximum atomic E-state index is 13.6. The molecule has 0 bridgehead atoms. The van der Waals surface area contributed by atoms with Crippen LogP contribution >= 0.6 is 11.6 Å². The zero-order chi connectivity index (χ0) is 31.9. The van der Waals surface area contributed by atoms with Crippen molar-refractivity contribution < 1.29 is 35.9 Å². The van der Waals surface area contributed by atoms with Gasteiger partial charge in [0.05, 0.1) is 30.1 Å². The highest BCUT2D eigenvalue weighted by atomic mass is 35.5. The number of benzene rings is 3. The number of halogens is 4. The van der Waals surface area contributed by atoms with Gasteiger partial charge in [0.1, 0.15) is 6.04 Å².